The summed E-state index contributed by atoms with van der Waals surface area (Å²) in [5, 5.41) is 11.9. The standard InChI is InChI=1S/C12H23N3O3.C3H6O.CH4O/c1-7(2)5-8(3)11(17)15-9(4)12(18)14-6-10(13)16;1-2-3-4;1-2/h7-9H,5-6H2,1-4H3,(H2,13,16)(H,14,18)(H,15,17);3H,2H2,1H3;2H,1H3. The first-order chi connectivity index (χ1) is 11.1. The number of nitrogens with two attached hydrogens (primary N) is 1. The monoisotopic (exact) mass is 347 g/mol. The van der Waals surface area contributed by atoms with Gasteiger partial charge >= 0.3 is 0 Å². The van der Waals surface area contributed by atoms with Crippen molar-refractivity contribution in [3.63, 3.8) is 0 Å². The minimum absolute atomic E-state index is 0.142. The summed E-state index contributed by atoms with van der Waals surface area (Å²) >= 11 is 0. The Morgan fingerprint density at radius 1 is 1.08 bits per heavy atom. The molecule has 0 fully saturated rings. The van der Waals surface area contributed by atoms with Crippen molar-refractivity contribution in [2.24, 2.45) is 17.6 Å². The lowest BCUT2D eigenvalue weighted by molar-refractivity contribution is -0.131. The van der Waals surface area contributed by atoms with Gasteiger partial charge in [0.05, 0.1) is 6.54 Å². The molecule has 3 amide bonds. The summed E-state index contributed by atoms with van der Waals surface area (Å²) < 4.78 is 0. The average molecular weight is 347 g/mol. The van der Waals surface area contributed by atoms with Crippen molar-refractivity contribution < 1.29 is 24.3 Å². The number of aldehydes is 1. The van der Waals surface area contributed by atoms with Gasteiger partial charge in [-0.05, 0) is 19.3 Å². The fraction of sp³-hybridized carbons (Fsp3) is 0.750. The summed E-state index contributed by atoms with van der Waals surface area (Å²) in [7, 11) is 1.00. The highest BCUT2D eigenvalue weighted by Gasteiger charge is 2.20. The molecule has 0 aromatic heterocycles. The van der Waals surface area contributed by atoms with Crippen molar-refractivity contribution in [1.29, 1.82) is 0 Å². The zero-order valence-electron chi connectivity index (χ0n) is 15.6. The first kappa shape index (κ1) is 26.9. The van der Waals surface area contributed by atoms with Gasteiger partial charge in [-0.15, -0.1) is 0 Å². The van der Waals surface area contributed by atoms with Crippen LogP contribution in [0, 0.1) is 11.8 Å². The second-order valence-electron chi connectivity index (χ2n) is 5.52. The normalized spacial score (nSPS) is 11.7. The number of aliphatic hydroxyl groups excluding tert-OH is 1. The molecule has 0 bridgehead atoms. The molecule has 0 radical (unpaired) electrons. The van der Waals surface area contributed by atoms with Crippen molar-refractivity contribution in [1.82, 2.24) is 10.6 Å². The molecule has 0 aromatic rings. The van der Waals surface area contributed by atoms with E-state index in [4.69, 9.17) is 10.8 Å². The molecule has 24 heavy (non-hydrogen) atoms. The molecule has 2 atom stereocenters. The van der Waals surface area contributed by atoms with Gasteiger partial charge in [-0.25, -0.2) is 0 Å². The SMILES string of the molecule is CC(C)CC(C)C(=O)NC(C)C(=O)NCC(N)=O.CCC=O.CO. The van der Waals surface area contributed by atoms with Crippen LogP contribution in [0.1, 0.15) is 47.5 Å². The lowest BCUT2D eigenvalue weighted by Gasteiger charge is -2.18. The quantitative estimate of drug-likeness (QED) is 0.457. The number of amides is 3. The number of rotatable bonds is 8. The highest BCUT2D eigenvalue weighted by Crippen LogP contribution is 2.10. The summed E-state index contributed by atoms with van der Waals surface area (Å²) in [5.74, 6) is -0.916. The van der Waals surface area contributed by atoms with Gasteiger partial charge in [-0.3, -0.25) is 14.4 Å². The number of hydrogen-bond donors (Lipinski definition) is 4. The van der Waals surface area contributed by atoms with Gasteiger partial charge in [0.15, 0.2) is 0 Å². The fourth-order valence-corrected chi connectivity index (χ4v) is 1.56. The lowest BCUT2D eigenvalue weighted by Crippen LogP contribution is -2.48. The Kier molecular flexibility index (Phi) is 19.5. The third kappa shape index (κ3) is 18.1. The summed E-state index contributed by atoms with van der Waals surface area (Å²) in [4.78, 5) is 42.9. The topological polar surface area (TPSA) is 139 Å². The highest BCUT2D eigenvalue weighted by atomic mass is 16.2. The van der Waals surface area contributed by atoms with Gasteiger partial charge < -0.3 is 26.3 Å². The third-order valence-corrected chi connectivity index (χ3v) is 2.63. The maximum Gasteiger partial charge on any atom is 0.242 e. The Bertz CT molecular complexity index is 373. The number of nitrogens with one attached hydrogen (secondary N) is 2. The summed E-state index contributed by atoms with van der Waals surface area (Å²) in [6.45, 7) is 9.05. The van der Waals surface area contributed by atoms with Crippen molar-refractivity contribution >= 4 is 24.0 Å². The number of hydrogen-bond acceptors (Lipinski definition) is 5. The van der Waals surface area contributed by atoms with Crippen LogP contribution >= 0.6 is 0 Å². The van der Waals surface area contributed by atoms with E-state index in [1.807, 2.05) is 27.7 Å². The molecule has 8 nitrogen and oxygen atoms in total. The Morgan fingerprint density at radius 3 is 1.88 bits per heavy atom. The molecule has 2 unspecified atom stereocenters. The summed E-state index contributed by atoms with van der Waals surface area (Å²) in [6.07, 6.45) is 2.28. The van der Waals surface area contributed by atoms with Crippen LogP contribution in [0.15, 0.2) is 0 Å². The molecule has 0 rings (SSSR count). The van der Waals surface area contributed by atoms with E-state index in [0.717, 1.165) is 19.8 Å². The Morgan fingerprint density at radius 2 is 1.54 bits per heavy atom. The van der Waals surface area contributed by atoms with E-state index in [1.165, 1.54) is 0 Å². The van der Waals surface area contributed by atoms with E-state index in [0.29, 0.717) is 12.3 Å². The van der Waals surface area contributed by atoms with Crippen LogP contribution in [-0.2, 0) is 19.2 Å². The first-order valence-corrected chi connectivity index (χ1v) is 7.90. The zero-order chi connectivity index (χ0) is 19.7. The lowest BCUT2D eigenvalue weighted by atomic mass is 9.98. The van der Waals surface area contributed by atoms with Crippen LogP contribution in [0.25, 0.3) is 0 Å². The van der Waals surface area contributed by atoms with Gasteiger partial charge in [0.2, 0.25) is 17.7 Å². The van der Waals surface area contributed by atoms with E-state index in [-0.39, 0.29) is 18.4 Å². The van der Waals surface area contributed by atoms with Crippen LogP contribution in [0.2, 0.25) is 0 Å². The molecule has 0 spiro atoms. The Labute approximate surface area is 144 Å². The highest BCUT2D eigenvalue weighted by molar-refractivity contribution is 5.90. The van der Waals surface area contributed by atoms with Crippen molar-refractivity contribution in [3.05, 3.63) is 0 Å². The molecule has 8 heteroatoms. The number of primary amides is 1. The molecular weight excluding hydrogens is 314 g/mol. The average Bonchev–Trinajstić information content (AvgIpc) is 2.53. The number of carbonyl (C=O) groups is 4. The van der Waals surface area contributed by atoms with Crippen LogP contribution in [0.5, 0.6) is 0 Å². The van der Waals surface area contributed by atoms with Gasteiger partial charge in [0.1, 0.15) is 12.3 Å². The van der Waals surface area contributed by atoms with Gasteiger partial charge in [-0.2, -0.15) is 0 Å². The molecule has 5 N–H and O–H groups in total. The second kappa shape index (κ2) is 17.4. The summed E-state index contributed by atoms with van der Waals surface area (Å²) in [6, 6.07) is -0.675. The maximum absolute atomic E-state index is 11.7. The molecule has 0 aromatic carbocycles. The van der Waals surface area contributed by atoms with E-state index in [9.17, 15) is 19.2 Å². The Balaban J connectivity index is -0.000000636. The largest absolute Gasteiger partial charge is 0.400 e. The van der Waals surface area contributed by atoms with Gasteiger partial charge in [0, 0.05) is 19.4 Å². The van der Waals surface area contributed by atoms with Crippen LogP contribution in [-0.4, -0.2) is 48.8 Å². The molecule has 0 aliphatic carbocycles. The van der Waals surface area contributed by atoms with E-state index in [2.05, 4.69) is 10.6 Å². The molecule has 142 valence electrons. The summed E-state index contributed by atoms with van der Waals surface area (Å²) in [5.41, 5.74) is 4.90. The number of carbonyl (C=O) groups excluding carboxylic acids is 4. The fourth-order valence-electron chi connectivity index (χ4n) is 1.56. The molecule has 0 saturated heterocycles. The third-order valence-electron chi connectivity index (χ3n) is 2.63. The van der Waals surface area contributed by atoms with Crippen molar-refractivity contribution in [2.45, 2.75) is 53.5 Å². The predicted molar refractivity (Wildman–Crippen MR) is 92.9 cm³/mol. The van der Waals surface area contributed by atoms with Gasteiger partial charge in [-0.1, -0.05) is 27.7 Å². The molecule has 0 aliphatic rings. The van der Waals surface area contributed by atoms with Crippen LogP contribution < -0.4 is 16.4 Å². The maximum atomic E-state index is 11.7. The van der Waals surface area contributed by atoms with E-state index in [1.54, 1.807) is 6.92 Å². The predicted octanol–water partition coefficient (Wildman–Crippen LogP) is -0.0214. The molecule has 0 aliphatic heterocycles. The van der Waals surface area contributed by atoms with Crippen molar-refractivity contribution in [2.75, 3.05) is 13.7 Å². The minimum atomic E-state index is -0.675. The zero-order valence-corrected chi connectivity index (χ0v) is 15.6. The van der Waals surface area contributed by atoms with Crippen LogP contribution in [0.4, 0.5) is 0 Å². The van der Waals surface area contributed by atoms with E-state index < -0.39 is 17.9 Å². The van der Waals surface area contributed by atoms with E-state index >= 15 is 0 Å². The minimum Gasteiger partial charge on any atom is -0.400 e. The second-order valence-corrected chi connectivity index (χ2v) is 5.52. The smallest absolute Gasteiger partial charge is 0.242 e. The van der Waals surface area contributed by atoms with Gasteiger partial charge in [0.25, 0.3) is 0 Å². The van der Waals surface area contributed by atoms with Crippen LogP contribution in [0.3, 0.4) is 0 Å². The molecular formula is C16H33N3O5. The molecule has 0 heterocycles. The first-order valence-electron chi connectivity index (χ1n) is 7.90. The number of aliphatic hydroxyl groups is 1. The van der Waals surface area contributed by atoms with Crippen molar-refractivity contribution in [3.8, 4) is 0 Å². The Hall–Kier alpha value is -1.96. The molecule has 0 saturated carbocycles.